The number of nitrogens with zero attached hydrogens (tertiary/aromatic N) is 4. The van der Waals surface area contributed by atoms with E-state index in [4.69, 9.17) is 22.4 Å². The lowest BCUT2D eigenvalue weighted by Gasteiger charge is -2.32. The predicted molar refractivity (Wildman–Crippen MR) is 106 cm³/mol. The minimum Gasteiger partial charge on any atom is -0.294 e. The van der Waals surface area contributed by atoms with E-state index in [1.54, 1.807) is 6.20 Å². The van der Waals surface area contributed by atoms with Crippen molar-refractivity contribution in [3.8, 4) is 0 Å². The van der Waals surface area contributed by atoms with E-state index >= 15 is 0 Å². The number of hydrogen-bond acceptors (Lipinski definition) is 6. The maximum atomic E-state index is 6.17. The highest BCUT2D eigenvalue weighted by Gasteiger charge is 2.31. The van der Waals surface area contributed by atoms with Crippen LogP contribution in [0.2, 0.25) is 5.02 Å². The van der Waals surface area contributed by atoms with Crippen molar-refractivity contribution in [1.29, 1.82) is 0 Å². The Balaban J connectivity index is 1.89. The summed E-state index contributed by atoms with van der Waals surface area (Å²) in [5.41, 5.74) is 5.40. The van der Waals surface area contributed by atoms with Crippen LogP contribution in [0.4, 0.5) is 11.5 Å². The second-order valence-electron chi connectivity index (χ2n) is 5.67. The largest absolute Gasteiger partial charge is 0.294 e. The highest BCUT2D eigenvalue weighted by atomic mass is 79.9. The number of guanidine groups is 1. The summed E-state index contributed by atoms with van der Waals surface area (Å²) in [7, 11) is 0. The van der Waals surface area contributed by atoms with Gasteiger partial charge in [0, 0.05) is 21.3 Å². The molecule has 0 radical (unpaired) electrons. The number of anilines is 2. The first-order valence-electron chi connectivity index (χ1n) is 7.83. The Labute approximate surface area is 163 Å². The molecule has 0 spiro atoms. The molecule has 0 aliphatic carbocycles. The standard InChI is InChI=1S/C18H14BrClN6/c19-12-6-4-11(5-7-12)16-15-9-22-10-23-17(15)26(18(24-16)25-21)14-3-1-2-13(20)8-14/h1-10,16H,21H2,(H,24,25). The number of benzene rings is 2. The average Bonchev–Trinajstić information content (AvgIpc) is 2.67. The lowest BCUT2D eigenvalue weighted by molar-refractivity contribution is 0.799. The first kappa shape index (κ1) is 17.0. The number of nitrogens with two attached hydrogens (primary N) is 1. The molecule has 26 heavy (non-hydrogen) atoms. The van der Waals surface area contributed by atoms with Crippen LogP contribution in [0.1, 0.15) is 17.2 Å². The van der Waals surface area contributed by atoms with Gasteiger partial charge in [0.2, 0.25) is 5.96 Å². The van der Waals surface area contributed by atoms with Gasteiger partial charge < -0.3 is 0 Å². The van der Waals surface area contributed by atoms with Crippen LogP contribution in [0.5, 0.6) is 0 Å². The fourth-order valence-electron chi connectivity index (χ4n) is 2.92. The zero-order valence-electron chi connectivity index (χ0n) is 13.5. The molecule has 3 aromatic rings. The first-order valence-corrected chi connectivity index (χ1v) is 9.00. The van der Waals surface area contributed by atoms with Crippen molar-refractivity contribution in [2.45, 2.75) is 6.04 Å². The quantitative estimate of drug-likeness (QED) is 0.476. The molecule has 1 unspecified atom stereocenters. The van der Waals surface area contributed by atoms with Gasteiger partial charge in [-0.25, -0.2) is 20.8 Å². The molecule has 8 heteroatoms. The summed E-state index contributed by atoms with van der Waals surface area (Å²) in [4.78, 5) is 15.3. The van der Waals surface area contributed by atoms with Crippen molar-refractivity contribution in [2.24, 2.45) is 10.8 Å². The monoisotopic (exact) mass is 428 g/mol. The Morgan fingerprint density at radius 3 is 2.69 bits per heavy atom. The van der Waals surface area contributed by atoms with Gasteiger partial charge in [0.25, 0.3) is 0 Å². The lowest BCUT2D eigenvalue weighted by atomic mass is 9.99. The normalized spacial score (nSPS) is 16.0. The van der Waals surface area contributed by atoms with Gasteiger partial charge in [0.1, 0.15) is 18.2 Å². The number of hydrogen-bond donors (Lipinski definition) is 2. The lowest BCUT2D eigenvalue weighted by Crippen LogP contribution is -2.45. The van der Waals surface area contributed by atoms with Gasteiger partial charge in [0.05, 0.1) is 5.69 Å². The Hall–Kier alpha value is -2.48. The van der Waals surface area contributed by atoms with Crippen LogP contribution in [-0.4, -0.2) is 15.9 Å². The molecule has 1 aliphatic heterocycles. The second kappa shape index (κ2) is 7.03. The number of nitrogens with one attached hydrogen (secondary N) is 1. The van der Waals surface area contributed by atoms with Gasteiger partial charge >= 0.3 is 0 Å². The molecule has 0 saturated heterocycles. The Morgan fingerprint density at radius 1 is 1.15 bits per heavy atom. The highest BCUT2D eigenvalue weighted by molar-refractivity contribution is 9.10. The number of aromatic nitrogens is 2. The summed E-state index contributed by atoms with van der Waals surface area (Å²) in [6.07, 6.45) is 3.29. The third kappa shape index (κ3) is 3.05. The molecular formula is C18H14BrClN6. The summed E-state index contributed by atoms with van der Waals surface area (Å²) in [6.45, 7) is 0. The molecule has 2 heterocycles. The van der Waals surface area contributed by atoms with Gasteiger partial charge in [-0.15, -0.1) is 0 Å². The Morgan fingerprint density at radius 2 is 1.96 bits per heavy atom. The molecule has 2 aromatic carbocycles. The van der Waals surface area contributed by atoms with Crippen LogP contribution in [0.15, 0.2) is 70.5 Å². The Bertz CT molecular complexity index is 975. The summed E-state index contributed by atoms with van der Waals surface area (Å²) in [5.74, 6) is 6.97. The van der Waals surface area contributed by atoms with Crippen molar-refractivity contribution in [3.05, 3.63) is 81.7 Å². The molecule has 3 N–H and O–H groups in total. The van der Waals surface area contributed by atoms with Crippen molar-refractivity contribution < 1.29 is 0 Å². The van der Waals surface area contributed by atoms with Gasteiger partial charge in [-0.2, -0.15) is 0 Å². The van der Waals surface area contributed by atoms with E-state index < -0.39 is 0 Å². The van der Waals surface area contributed by atoms with E-state index in [-0.39, 0.29) is 6.04 Å². The molecule has 4 rings (SSSR count). The molecule has 1 aliphatic rings. The van der Waals surface area contributed by atoms with Crippen LogP contribution in [-0.2, 0) is 0 Å². The van der Waals surface area contributed by atoms with E-state index in [9.17, 15) is 0 Å². The van der Waals surface area contributed by atoms with E-state index in [0.29, 0.717) is 16.8 Å². The topological polar surface area (TPSA) is 79.4 Å². The number of hydrazine groups is 1. The first-order chi connectivity index (χ1) is 12.7. The van der Waals surface area contributed by atoms with Crippen LogP contribution in [0.3, 0.4) is 0 Å². The molecule has 6 nitrogen and oxygen atoms in total. The molecule has 1 atom stereocenters. The van der Waals surface area contributed by atoms with Crippen LogP contribution in [0.25, 0.3) is 0 Å². The summed E-state index contributed by atoms with van der Waals surface area (Å²) < 4.78 is 1.00. The summed E-state index contributed by atoms with van der Waals surface area (Å²) in [6, 6.07) is 15.2. The number of halogens is 2. The minimum absolute atomic E-state index is 0.263. The maximum absolute atomic E-state index is 6.17. The van der Waals surface area contributed by atoms with Gasteiger partial charge in [0.15, 0.2) is 0 Å². The molecule has 1 aromatic heterocycles. The van der Waals surface area contributed by atoms with Crippen LogP contribution in [0, 0.1) is 0 Å². The summed E-state index contributed by atoms with van der Waals surface area (Å²) in [5, 5.41) is 0.615. The van der Waals surface area contributed by atoms with E-state index in [2.05, 4.69) is 31.3 Å². The van der Waals surface area contributed by atoms with Crippen molar-refractivity contribution in [2.75, 3.05) is 4.90 Å². The van der Waals surface area contributed by atoms with Gasteiger partial charge in [-0.05, 0) is 35.9 Å². The van der Waals surface area contributed by atoms with E-state index in [1.807, 2.05) is 53.4 Å². The SMILES string of the molecule is NNC1=NC(c2ccc(Br)cc2)c2cncnc2N1c1cccc(Cl)c1. The number of fused-ring (bicyclic) bond motifs is 1. The summed E-state index contributed by atoms with van der Waals surface area (Å²) >= 11 is 9.63. The molecule has 0 fully saturated rings. The molecule has 0 saturated carbocycles. The van der Waals surface area contributed by atoms with E-state index in [1.165, 1.54) is 6.33 Å². The van der Waals surface area contributed by atoms with Gasteiger partial charge in [-0.1, -0.05) is 45.7 Å². The van der Waals surface area contributed by atoms with Crippen molar-refractivity contribution in [1.82, 2.24) is 15.4 Å². The Kier molecular flexibility index (Phi) is 4.58. The molecule has 130 valence electrons. The third-order valence-corrected chi connectivity index (χ3v) is 4.83. The van der Waals surface area contributed by atoms with Crippen molar-refractivity contribution in [3.63, 3.8) is 0 Å². The van der Waals surface area contributed by atoms with Crippen molar-refractivity contribution >= 4 is 45.0 Å². The fraction of sp³-hybridized carbons (Fsp3) is 0.0556. The smallest absolute Gasteiger partial charge is 0.219 e. The zero-order chi connectivity index (χ0) is 18.1. The molecular weight excluding hydrogens is 416 g/mol. The predicted octanol–water partition coefficient (Wildman–Crippen LogP) is 3.95. The molecule has 0 bridgehead atoms. The minimum atomic E-state index is -0.263. The maximum Gasteiger partial charge on any atom is 0.219 e. The number of aliphatic imine (C=N–C) groups is 1. The van der Waals surface area contributed by atoms with E-state index in [0.717, 1.165) is 21.3 Å². The highest BCUT2D eigenvalue weighted by Crippen LogP contribution is 2.39. The third-order valence-electron chi connectivity index (χ3n) is 4.07. The second-order valence-corrected chi connectivity index (χ2v) is 7.02. The molecule has 0 amide bonds. The van der Waals surface area contributed by atoms with Crippen LogP contribution < -0.4 is 16.2 Å². The number of rotatable bonds is 2. The van der Waals surface area contributed by atoms with Crippen LogP contribution >= 0.6 is 27.5 Å². The zero-order valence-corrected chi connectivity index (χ0v) is 15.8. The van der Waals surface area contributed by atoms with Gasteiger partial charge in [-0.3, -0.25) is 10.3 Å². The fourth-order valence-corrected chi connectivity index (χ4v) is 3.37. The average molecular weight is 430 g/mol.